The van der Waals surface area contributed by atoms with Gasteiger partial charge in [0.25, 0.3) is 0 Å². The van der Waals surface area contributed by atoms with Crippen LogP contribution in [-0.4, -0.2) is 19.7 Å². The Kier molecular flexibility index (Phi) is 7.48. The van der Waals surface area contributed by atoms with Gasteiger partial charge >= 0.3 is 18.9 Å². The third-order valence-electron chi connectivity index (χ3n) is 3.90. The molecule has 0 N–H and O–H groups in total. The van der Waals surface area contributed by atoms with Crippen LogP contribution in [0.1, 0.15) is 11.8 Å². The number of hydrogen-bond donors (Lipinski definition) is 0. The van der Waals surface area contributed by atoms with Crippen molar-refractivity contribution in [2.45, 2.75) is 0 Å². The number of methoxy groups -OCH3 is 2. The zero-order chi connectivity index (χ0) is 17.6. The van der Waals surface area contributed by atoms with Crippen molar-refractivity contribution in [2.24, 2.45) is 0 Å². The van der Waals surface area contributed by atoms with Gasteiger partial charge in [0.05, 0.1) is 14.2 Å². The Morgan fingerprint density at radius 3 is 1.85 bits per heavy atom. The first kappa shape index (κ1) is 20.3. The maximum absolute atomic E-state index is 12.8. The molecule has 0 aliphatic heterocycles. The van der Waals surface area contributed by atoms with Crippen molar-refractivity contribution in [2.75, 3.05) is 14.2 Å². The van der Waals surface area contributed by atoms with E-state index in [4.69, 9.17) is 9.47 Å². The smallest absolute Gasteiger partial charge is 1.00 e. The second-order valence-electron chi connectivity index (χ2n) is 5.44. The summed E-state index contributed by atoms with van der Waals surface area (Å²) in [6.07, 6.45) is 0. The molecule has 0 aliphatic carbocycles. The molecule has 0 spiro atoms. The summed E-state index contributed by atoms with van der Waals surface area (Å²) < 4.78 is 10.7. The van der Waals surface area contributed by atoms with E-state index in [-0.39, 0.29) is 34.4 Å². The van der Waals surface area contributed by atoms with E-state index in [1.807, 2.05) is 48.5 Å². The van der Waals surface area contributed by atoms with Gasteiger partial charge in [-0.3, -0.25) is 4.79 Å². The number of benzene rings is 3. The summed E-state index contributed by atoms with van der Waals surface area (Å²) in [5, 5.41) is 0.984. The van der Waals surface area contributed by atoms with Crippen molar-refractivity contribution in [3.8, 4) is 22.6 Å². The van der Waals surface area contributed by atoms with Gasteiger partial charge in [-0.15, -0.1) is 0 Å². The molecule has 1 unspecified atom stereocenters. The Hall–Kier alpha value is -2.04. The van der Waals surface area contributed by atoms with E-state index in [0.29, 0.717) is 17.1 Å². The maximum Gasteiger partial charge on any atom is 1.00 e. The van der Waals surface area contributed by atoms with Gasteiger partial charge in [0.2, 0.25) is 0 Å². The molecule has 0 saturated carbocycles. The fourth-order valence-corrected chi connectivity index (χ4v) is 3.61. The van der Waals surface area contributed by atoms with Crippen LogP contribution in [-0.2, 0) is 0 Å². The predicted octanol–water partition coefficient (Wildman–Crippen LogP) is 1.63. The van der Waals surface area contributed by atoms with E-state index in [2.05, 4.69) is 12.1 Å². The zero-order valence-electron chi connectivity index (χ0n) is 16.2. The van der Waals surface area contributed by atoms with Crippen LogP contribution in [0.4, 0.5) is 0 Å². The third kappa shape index (κ3) is 4.57. The number of ether oxygens (including phenoxy) is 2. The summed E-state index contributed by atoms with van der Waals surface area (Å²) in [6, 6.07) is 23.6. The van der Waals surface area contributed by atoms with Crippen molar-refractivity contribution in [1.29, 1.82) is 0 Å². The van der Waals surface area contributed by atoms with Crippen molar-refractivity contribution in [3.05, 3.63) is 78.4 Å². The Bertz CT molecular complexity index is 848. The molecule has 0 aliphatic rings. The first-order valence-corrected chi connectivity index (χ1v) is 8.90. The first-order valence-electron chi connectivity index (χ1n) is 7.90. The summed E-state index contributed by atoms with van der Waals surface area (Å²) in [4.78, 5) is 12.8. The molecular formula is C21H20LiO3P. The SMILES string of the molecule is COc1cccc(OC)c1C(=O)Pc1ccc(-c2ccccc2)cc1.[H-].[Li+]. The second-order valence-corrected chi connectivity index (χ2v) is 6.72. The van der Waals surface area contributed by atoms with Crippen molar-refractivity contribution < 1.29 is 34.6 Å². The van der Waals surface area contributed by atoms with E-state index < -0.39 is 0 Å². The van der Waals surface area contributed by atoms with Gasteiger partial charge in [0.1, 0.15) is 17.1 Å². The van der Waals surface area contributed by atoms with Crippen LogP contribution in [0, 0.1) is 0 Å². The maximum atomic E-state index is 12.8. The monoisotopic (exact) mass is 358 g/mol. The Morgan fingerprint density at radius 1 is 0.769 bits per heavy atom. The summed E-state index contributed by atoms with van der Waals surface area (Å²) in [7, 11) is 3.13. The van der Waals surface area contributed by atoms with Crippen LogP contribution in [0.5, 0.6) is 11.5 Å². The van der Waals surface area contributed by atoms with Crippen LogP contribution in [0.3, 0.4) is 0 Å². The minimum absolute atomic E-state index is 0. The van der Waals surface area contributed by atoms with Gasteiger partial charge in [-0.05, 0) is 37.1 Å². The molecule has 0 radical (unpaired) electrons. The molecule has 3 nitrogen and oxygen atoms in total. The molecule has 5 heteroatoms. The standard InChI is InChI=1S/C21H19O3P.Li.H/c1-23-18-9-6-10-19(24-2)20(18)21(22)25-17-13-11-16(12-14-17)15-7-4-3-5-8-15;;/h3-14,25H,1-2H3;;/q;+1;-1. The molecule has 1 atom stereocenters. The molecule has 0 saturated heterocycles. The molecule has 3 aromatic rings. The summed E-state index contributed by atoms with van der Waals surface area (Å²) in [6.45, 7) is 0. The Labute approximate surface area is 169 Å². The van der Waals surface area contributed by atoms with Crippen LogP contribution in [0.2, 0.25) is 0 Å². The van der Waals surface area contributed by atoms with E-state index in [1.165, 1.54) is 0 Å². The summed E-state index contributed by atoms with van der Waals surface area (Å²) in [5.41, 5.74) is 2.80. The number of hydrogen-bond acceptors (Lipinski definition) is 3. The molecule has 26 heavy (non-hydrogen) atoms. The van der Waals surface area contributed by atoms with Crippen LogP contribution < -0.4 is 33.6 Å². The molecule has 0 heterocycles. The fraction of sp³-hybridized carbons (Fsp3) is 0.0952. The van der Waals surface area contributed by atoms with Crippen molar-refractivity contribution >= 4 is 19.4 Å². The van der Waals surface area contributed by atoms with Crippen molar-refractivity contribution in [3.63, 3.8) is 0 Å². The molecule has 3 rings (SSSR count). The summed E-state index contributed by atoms with van der Waals surface area (Å²) in [5.74, 6) is 1.08. The van der Waals surface area contributed by atoms with E-state index in [0.717, 1.165) is 16.4 Å². The molecule has 0 bridgehead atoms. The predicted molar refractivity (Wildman–Crippen MR) is 105 cm³/mol. The van der Waals surface area contributed by atoms with E-state index in [9.17, 15) is 4.79 Å². The van der Waals surface area contributed by atoms with Crippen molar-refractivity contribution in [1.82, 2.24) is 0 Å². The Balaban J connectivity index is 0.00000182. The Morgan fingerprint density at radius 2 is 1.31 bits per heavy atom. The fourth-order valence-electron chi connectivity index (χ4n) is 2.65. The topological polar surface area (TPSA) is 35.5 Å². The minimum atomic E-state index is 0. The van der Waals surface area contributed by atoms with Gasteiger partial charge in [0.15, 0.2) is 5.52 Å². The zero-order valence-corrected chi connectivity index (χ0v) is 16.2. The average Bonchev–Trinajstić information content (AvgIpc) is 2.68. The van der Waals surface area contributed by atoms with Crippen LogP contribution in [0.25, 0.3) is 11.1 Å². The third-order valence-corrected chi connectivity index (χ3v) is 5.00. The molecular weight excluding hydrogens is 338 g/mol. The molecule has 128 valence electrons. The number of carbonyl (C=O) groups excluding carboxylic acids is 1. The average molecular weight is 358 g/mol. The number of carbonyl (C=O) groups is 1. The molecule has 0 amide bonds. The molecule has 0 fully saturated rings. The largest absolute Gasteiger partial charge is 1.00 e. The summed E-state index contributed by atoms with van der Waals surface area (Å²) >= 11 is 0. The normalized spacial score (nSPS) is 10.4. The molecule has 3 aromatic carbocycles. The van der Waals surface area contributed by atoms with Gasteiger partial charge in [-0.1, -0.05) is 60.7 Å². The van der Waals surface area contributed by atoms with Crippen LogP contribution >= 0.6 is 8.58 Å². The van der Waals surface area contributed by atoms with Gasteiger partial charge in [-0.25, -0.2) is 0 Å². The number of rotatable bonds is 6. The van der Waals surface area contributed by atoms with E-state index in [1.54, 1.807) is 26.4 Å². The minimum Gasteiger partial charge on any atom is -1.00 e. The molecule has 0 aromatic heterocycles. The quantitative estimate of drug-likeness (QED) is 0.496. The first-order chi connectivity index (χ1) is 12.2. The van der Waals surface area contributed by atoms with Gasteiger partial charge < -0.3 is 10.9 Å². The van der Waals surface area contributed by atoms with Gasteiger partial charge in [-0.2, -0.15) is 0 Å². The van der Waals surface area contributed by atoms with Gasteiger partial charge in [0, 0.05) is 0 Å². The second kappa shape index (κ2) is 9.60. The van der Waals surface area contributed by atoms with E-state index >= 15 is 0 Å². The van der Waals surface area contributed by atoms with Crippen LogP contribution in [0.15, 0.2) is 72.8 Å².